The number of hydrogen-bond donors (Lipinski definition) is 4. The molecule has 0 rings (SSSR count). The molecule has 0 saturated carbocycles. The van der Waals surface area contributed by atoms with Gasteiger partial charge in [0.2, 0.25) is 5.91 Å². The summed E-state index contributed by atoms with van der Waals surface area (Å²) in [6, 6.07) is -2.25. The summed E-state index contributed by atoms with van der Waals surface area (Å²) in [5.74, 6) is -1.87. The zero-order valence-electron chi connectivity index (χ0n) is 10.4. The van der Waals surface area contributed by atoms with Gasteiger partial charge in [0.15, 0.2) is 0 Å². The van der Waals surface area contributed by atoms with E-state index in [1.54, 1.807) is 6.92 Å². The number of carbonyl (C=O) groups excluding carboxylic acids is 2. The number of carbonyl (C=O) groups is 3. The minimum Gasteiger partial charge on any atom is -0.480 e. The molecule has 0 aromatic carbocycles. The molecule has 0 radical (unpaired) electrons. The molecule has 0 aromatic rings. The van der Waals surface area contributed by atoms with Crippen molar-refractivity contribution in [2.24, 2.45) is 5.73 Å². The van der Waals surface area contributed by atoms with E-state index < -0.39 is 30.0 Å². The minimum absolute atomic E-state index is 0.0717. The summed E-state index contributed by atoms with van der Waals surface area (Å²) in [6.45, 7) is 1.38. The highest BCUT2D eigenvalue weighted by atomic mass is 16.4. The van der Waals surface area contributed by atoms with Crippen molar-refractivity contribution in [3.63, 3.8) is 0 Å². The van der Waals surface area contributed by atoms with Crippen LogP contribution in [0.3, 0.4) is 0 Å². The summed E-state index contributed by atoms with van der Waals surface area (Å²) in [4.78, 5) is 34.3. The first-order valence-electron chi connectivity index (χ1n) is 5.44. The average molecular weight is 261 g/mol. The number of hydrogen-bond acceptors (Lipinski definition) is 4. The van der Waals surface area contributed by atoms with E-state index in [1.165, 1.54) is 11.9 Å². The predicted octanol–water partition coefficient (Wildman–Crippen LogP) is -1.27. The van der Waals surface area contributed by atoms with Gasteiger partial charge in [-0.05, 0) is 13.3 Å². The standard InChI is InChI=1S/C10H19N3O5/c1-6(5-14)13(2)10(18)12-7(9(16)17)3-4-8(11)15/h6-7,14H,3-5H2,1-2H3,(H2,11,15)(H,12,18)(H,16,17)/t6?,7-/m1/s1. The quantitative estimate of drug-likeness (QED) is 0.453. The lowest BCUT2D eigenvalue weighted by Crippen LogP contribution is -2.50. The van der Waals surface area contributed by atoms with E-state index in [2.05, 4.69) is 5.32 Å². The molecular weight excluding hydrogens is 242 g/mol. The van der Waals surface area contributed by atoms with Crippen molar-refractivity contribution >= 4 is 17.9 Å². The Hall–Kier alpha value is -1.83. The fourth-order valence-corrected chi connectivity index (χ4v) is 1.12. The number of nitrogens with one attached hydrogen (secondary N) is 1. The van der Waals surface area contributed by atoms with Gasteiger partial charge in [0, 0.05) is 13.5 Å². The fraction of sp³-hybridized carbons (Fsp3) is 0.700. The van der Waals surface area contributed by atoms with Gasteiger partial charge in [-0.1, -0.05) is 0 Å². The SMILES string of the molecule is CC(CO)N(C)C(=O)N[C@H](CCC(N)=O)C(=O)O. The van der Waals surface area contributed by atoms with Crippen LogP contribution in [0.15, 0.2) is 0 Å². The van der Waals surface area contributed by atoms with Crippen LogP contribution >= 0.6 is 0 Å². The average Bonchev–Trinajstić information content (AvgIpc) is 2.31. The Balaban J connectivity index is 4.45. The summed E-state index contributed by atoms with van der Waals surface area (Å²) in [7, 11) is 1.43. The molecule has 5 N–H and O–H groups in total. The lowest BCUT2D eigenvalue weighted by atomic mass is 10.1. The number of carboxylic acid groups (broad SMARTS) is 1. The highest BCUT2D eigenvalue weighted by Gasteiger charge is 2.23. The molecule has 8 nitrogen and oxygen atoms in total. The van der Waals surface area contributed by atoms with Gasteiger partial charge in [-0.15, -0.1) is 0 Å². The summed E-state index contributed by atoms with van der Waals surface area (Å²) in [5.41, 5.74) is 4.91. The van der Waals surface area contributed by atoms with Crippen LogP contribution in [-0.4, -0.2) is 58.8 Å². The minimum atomic E-state index is -1.24. The molecule has 0 fully saturated rings. The molecule has 104 valence electrons. The number of likely N-dealkylation sites (N-methyl/N-ethyl adjacent to an activating group) is 1. The predicted molar refractivity (Wildman–Crippen MR) is 62.7 cm³/mol. The van der Waals surface area contributed by atoms with Crippen molar-refractivity contribution < 1.29 is 24.6 Å². The van der Waals surface area contributed by atoms with Crippen LogP contribution in [0.2, 0.25) is 0 Å². The van der Waals surface area contributed by atoms with Crippen molar-refractivity contribution in [3.8, 4) is 0 Å². The number of nitrogens with two attached hydrogens (primary N) is 1. The van der Waals surface area contributed by atoms with Crippen LogP contribution in [-0.2, 0) is 9.59 Å². The second-order valence-electron chi connectivity index (χ2n) is 3.99. The Morgan fingerprint density at radius 2 is 1.94 bits per heavy atom. The molecule has 0 aliphatic heterocycles. The number of primary amides is 1. The van der Waals surface area contributed by atoms with Gasteiger partial charge < -0.3 is 26.2 Å². The molecule has 18 heavy (non-hydrogen) atoms. The van der Waals surface area contributed by atoms with Crippen LogP contribution in [0, 0.1) is 0 Å². The van der Waals surface area contributed by atoms with Crippen molar-refractivity contribution in [3.05, 3.63) is 0 Å². The molecule has 8 heteroatoms. The first-order valence-corrected chi connectivity index (χ1v) is 5.44. The van der Waals surface area contributed by atoms with E-state index in [4.69, 9.17) is 15.9 Å². The second kappa shape index (κ2) is 7.49. The Morgan fingerprint density at radius 1 is 1.39 bits per heavy atom. The summed E-state index contributed by atoms with van der Waals surface area (Å²) in [5, 5.41) is 20.0. The summed E-state index contributed by atoms with van der Waals surface area (Å²) < 4.78 is 0. The Morgan fingerprint density at radius 3 is 2.33 bits per heavy atom. The smallest absolute Gasteiger partial charge is 0.326 e. The lowest BCUT2D eigenvalue weighted by Gasteiger charge is -2.25. The number of rotatable bonds is 7. The number of carboxylic acids is 1. The maximum absolute atomic E-state index is 11.6. The Kier molecular flexibility index (Phi) is 6.73. The van der Waals surface area contributed by atoms with Crippen molar-refractivity contribution in [2.45, 2.75) is 31.8 Å². The molecule has 0 heterocycles. The van der Waals surface area contributed by atoms with Gasteiger partial charge in [-0.25, -0.2) is 9.59 Å². The Labute approximate surface area is 105 Å². The third-order valence-electron chi connectivity index (χ3n) is 2.52. The fourth-order valence-electron chi connectivity index (χ4n) is 1.12. The number of aliphatic carboxylic acids is 1. The van der Waals surface area contributed by atoms with Crippen LogP contribution in [0.5, 0.6) is 0 Å². The second-order valence-corrected chi connectivity index (χ2v) is 3.99. The normalized spacial score (nSPS) is 13.5. The highest BCUT2D eigenvalue weighted by molar-refractivity contribution is 5.83. The van der Waals surface area contributed by atoms with E-state index in [0.717, 1.165) is 0 Å². The van der Waals surface area contributed by atoms with Gasteiger partial charge in [-0.2, -0.15) is 0 Å². The molecule has 1 unspecified atom stereocenters. The first kappa shape index (κ1) is 16.2. The molecule has 0 aromatic heterocycles. The molecule has 0 aliphatic carbocycles. The van der Waals surface area contributed by atoms with Gasteiger partial charge in [0.25, 0.3) is 0 Å². The summed E-state index contributed by atoms with van der Waals surface area (Å²) >= 11 is 0. The van der Waals surface area contributed by atoms with Gasteiger partial charge in [0.05, 0.1) is 12.6 Å². The van der Waals surface area contributed by atoms with Gasteiger partial charge in [-0.3, -0.25) is 4.79 Å². The molecule has 0 saturated heterocycles. The zero-order valence-corrected chi connectivity index (χ0v) is 10.4. The topological polar surface area (TPSA) is 133 Å². The number of urea groups is 1. The maximum atomic E-state index is 11.6. The van der Waals surface area contributed by atoms with Crippen LogP contribution in [0.4, 0.5) is 4.79 Å². The van der Waals surface area contributed by atoms with Crippen molar-refractivity contribution in [1.82, 2.24) is 10.2 Å². The molecule has 3 amide bonds. The van der Waals surface area contributed by atoms with Crippen LogP contribution < -0.4 is 11.1 Å². The Bertz CT molecular complexity index is 321. The molecule has 0 bridgehead atoms. The molecule has 0 aliphatic rings. The van der Waals surface area contributed by atoms with E-state index in [-0.39, 0.29) is 19.4 Å². The lowest BCUT2D eigenvalue weighted by molar-refractivity contribution is -0.139. The van der Waals surface area contributed by atoms with Crippen LogP contribution in [0.25, 0.3) is 0 Å². The monoisotopic (exact) mass is 261 g/mol. The molecular formula is C10H19N3O5. The van der Waals surface area contributed by atoms with E-state index in [1.807, 2.05) is 0 Å². The summed E-state index contributed by atoms with van der Waals surface area (Å²) in [6.07, 6.45) is -0.200. The first-order chi connectivity index (χ1) is 8.29. The van der Waals surface area contributed by atoms with E-state index in [0.29, 0.717) is 0 Å². The largest absolute Gasteiger partial charge is 0.480 e. The van der Waals surface area contributed by atoms with Gasteiger partial charge >= 0.3 is 12.0 Å². The van der Waals surface area contributed by atoms with Crippen molar-refractivity contribution in [1.29, 1.82) is 0 Å². The number of aliphatic hydroxyl groups excluding tert-OH is 1. The number of nitrogens with zero attached hydrogens (tertiary/aromatic N) is 1. The van der Waals surface area contributed by atoms with Gasteiger partial charge in [0.1, 0.15) is 6.04 Å². The highest BCUT2D eigenvalue weighted by Crippen LogP contribution is 2.01. The van der Waals surface area contributed by atoms with Crippen molar-refractivity contribution in [2.75, 3.05) is 13.7 Å². The van der Waals surface area contributed by atoms with E-state index in [9.17, 15) is 14.4 Å². The maximum Gasteiger partial charge on any atom is 0.326 e. The van der Waals surface area contributed by atoms with Crippen LogP contribution in [0.1, 0.15) is 19.8 Å². The third-order valence-corrected chi connectivity index (χ3v) is 2.52. The molecule has 0 spiro atoms. The zero-order chi connectivity index (χ0) is 14.3. The number of aliphatic hydroxyl groups is 1. The molecule has 2 atom stereocenters. The third kappa shape index (κ3) is 5.48. The van der Waals surface area contributed by atoms with E-state index >= 15 is 0 Å². The number of amides is 3.